The predicted octanol–water partition coefficient (Wildman–Crippen LogP) is -1.59. The summed E-state index contributed by atoms with van der Waals surface area (Å²) < 4.78 is 10.3. The highest BCUT2D eigenvalue weighted by molar-refractivity contribution is 6.13. The van der Waals surface area contributed by atoms with Crippen molar-refractivity contribution in [1.29, 1.82) is 0 Å². The topological polar surface area (TPSA) is 149 Å². The average molecular weight is 411 g/mol. The van der Waals surface area contributed by atoms with Crippen LogP contribution in [0.15, 0.2) is 12.2 Å². The Bertz CT molecular complexity index is 685. The SMILES string of the molecule is O=C(CCN1C(=O)C=CC1=O)NCOCCOCCC(=O)ON1C(=O)CCC1=O. The Hall–Kier alpha value is -3.12. The van der Waals surface area contributed by atoms with Gasteiger partial charge in [0.25, 0.3) is 23.6 Å². The smallest absolute Gasteiger partial charge is 0.335 e. The summed E-state index contributed by atoms with van der Waals surface area (Å²) in [6.45, 7) is 0.212. The van der Waals surface area contributed by atoms with Crippen LogP contribution in [-0.2, 0) is 43.1 Å². The molecule has 12 heteroatoms. The van der Waals surface area contributed by atoms with E-state index in [1.165, 1.54) is 0 Å². The first-order chi connectivity index (χ1) is 13.9. The monoisotopic (exact) mass is 411 g/mol. The Kier molecular flexibility index (Phi) is 8.43. The zero-order chi connectivity index (χ0) is 21.2. The molecule has 29 heavy (non-hydrogen) atoms. The minimum Gasteiger partial charge on any atom is -0.378 e. The third-order valence-corrected chi connectivity index (χ3v) is 3.86. The molecule has 158 valence electrons. The minimum atomic E-state index is -0.757. The van der Waals surface area contributed by atoms with E-state index in [1.54, 1.807) is 0 Å². The Morgan fingerprint density at radius 2 is 1.52 bits per heavy atom. The second-order valence-corrected chi connectivity index (χ2v) is 5.97. The lowest BCUT2D eigenvalue weighted by atomic mass is 10.3. The first kappa shape index (κ1) is 22.2. The summed E-state index contributed by atoms with van der Waals surface area (Å²) in [7, 11) is 0. The van der Waals surface area contributed by atoms with Gasteiger partial charge in [-0.15, -0.1) is 5.06 Å². The number of rotatable bonds is 12. The van der Waals surface area contributed by atoms with E-state index < -0.39 is 29.6 Å². The molecule has 0 saturated carbocycles. The molecule has 0 unspecified atom stereocenters. The van der Waals surface area contributed by atoms with E-state index in [0.717, 1.165) is 17.1 Å². The van der Waals surface area contributed by atoms with Crippen molar-refractivity contribution >= 4 is 35.5 Å². The molecule has 2 rings (SSSR count). The summed E-state index contributed by atoms with van der Waals surface area (Å²) in [6, 6.07) is 0. The standard InChI is InChI=1S/C17H21N3O9/c21-12(5-7-19-13(22)1-2-14(19)23)18-11-28-10-9-27-8-6-17(26)29-20-15(24)3-4-16(20)25/h1-2H,3-11H2,(H,18,21). The number of nitrogens with one attached hydrogen (secondary N) is 1. The highest BCUT2D eigenvalue weighted by Gasteiger charge is 2.32. The molecule has 2 heterocycles. The van der Waals surface area contributed by atoms with Gasteiger partial charge in [0.05, 0.1) is 26.2 Å². The molecule has 2 aliphatic rings. The summed E-state index contributed by atoms with van der Waals surface area (Å²) in [5.41, 5.74) is 0. The number of carbonyl (C=O) groups is 6. The molecule has 0 aliphatic carbocycles. The predicted molar refractivity (Wildman–Crippen MR) is 92.1 cm³/mol. The largest absolute Gasteiger partial charge is 0.378 e. The molecule has 1 saturated heterocycles. The van der Waals surface area contributed by atoms with Crippen molar-refractivity contribution in [1.82, 2.24) is 15.3 Å². The molecule has 0 radical (unpaired) electrons. The van der Waals surface area contributed by atoms with Gasteiger partial charge in [0.1, 0.15) is 6.73 Å². The van der Waals surface area contributed by atoms with Crippen molar-refractivity contribution in [2.75, 3.05) is 33.1 Å². The molecular formula is C17H21N3O9. The maximum Gasteiger partial charge on any atom is 0.335 e. The van der Waals surface area contributed by atoms with Gasteiger partial charge in [0.15, 0.2) is 0 Å². The number of hydrogen-bond donors (Lipinski definition) is 1. The fraction of sp³-hybridized carbons (Fsp3) is 0.529. The summed E-state index contributed by atoms with van der Waals surface area (Å²) in [6.07, 6.45) is 2.17. The Labute approximate surface area is 165 Å². The molecule has 0 atom stereocenters. The van der Waals surface area contributed by atoms with E-state index in [2.05, 4.69) is 10.2 Å². The summed E-state index contributed by atoms with van der Waals surface area (Å²) >= 11 is 0. The lowest BCUT2D eigenvalue weighted by molar-refractivity contribution is -0.198. The molecule has 0 aromatic rings. The van der Waals surface area contributed by atoms with Crippen LogP contribution in [0.25, 0.3) is 0 Å². The third-order valence-electron chi connectivity index (χ3n) is 3.86. The molecule has 0 spiro atoms. The van der Waals surface area contributed by atoms with Crippen molar-refractivity contribution in [3.63, 3.8) is 0 Å². The van der Waals surface area contributed by atoms with E-state index in [0.29, 0.717) is 5.06 Å². The number of amides is 5. The van der Waals surface area contributed by atoms with Crippen molar-refractivity contribution in [3.05, 3.63) is 12.2 Å². The normalized spacial score (nSPS) is 16.1. The molecular weight excluding hydrogens is 390 g/mol. The number of hydrogen-bond acceptors (Lipinski definition) is 9. The Morgan fingerprint density at radius 3 is 2.17 bits per heavy atom. The fourth-order valence-electron chi connectivity index (χ4n) is 2.34. The van der Waals surface area contributed by atoms with Crippen LogP contribution in [0.3, 0.4) is 0 Å². The maximum atomic E-state index is 11.6. The number of hydroxylamine groups is 2. The van der Waals surface area contributed by atoms with Gasteiger partial charge in [-0.25, -0.2) is 4.79 Å². The number of imide groups is 2. The van der Waals surface area contributed by atoms with Crippen molar-refractivity contribution < 1.29 is 43.1 Å². The van der Waals surface area contributed by atoms with Crippen molar-refractivity contribution in [2.24, 2.45) is 0 Å². The van der Waals surface area contributed by atoms with Crippen LogP contribution in [0.2, 0.25) is 0 Å². The zero-order valence-electron chi connectivity index (χ0n) is 15.6. The van der Waals surface area contributed by atoms with Crippen LogP contribution >= 0.6 is 0 Å². The quantitative estimate of drug-likeness (QED) is 0.228. The van der Waals surface area contributed by atoms with Gasteiger partial charge in [-0.1, -0.05) is 0 Å². The number of ether oxygens (including phenoxy) is 2. The molecule has 12 nitrogen and oxygen atoms in total. The maximum absolute atomic E-state index is 11.6. The lowest BCUT2D eigenvalue weighted by Crippen LogP contribution is -2.35. The van der Waals surface area contributed by atoms with Gasteiger partial charge in [-0.2, -0.15) is 0 Å². The average Bonchev–Trinajstić information content (AvgIpc) is 3.17. The second kappa shape index (κ2) is 11.0. The highest BCUT2D eigenvalue weighted by Crippen LogP contribution is 2.12. The highest BCUT2D eigenvalue weighted by atomic mass is 16.7. The van der Waals surface area contributed by atoms with Crippen LogP contribution in [0, 0.1) is 0 Å². The first-order valence-electron chi connectivity index (χ1n) is 8.91. The first-order valence-corrected chi connectivity index (χ1v) is 8.91. The van der Waals surface area contributed by atoms with Crippen LogP contribution in [0.4, 0.5) is 0 Å². The fourth-order valence-corrected chi connectivity index (χ4v) is 2.34. The molecule has 1 fully saturated rings. The molecule has 0 bridgehead atoms. The van der Waals surface area contributed by atoms with Crippen molar-refractivity contribution in [3.8, 4) is 0 Å². The van der Waals surface area contributed by atoms with Crippen LogP contribution in [-0.4, -0.2) is 78.6 Å². The molecule has 1 N–H and O–H groups in total. The van der Waals surface area contributed by atoms with E-state index in [1.807, 2.05) is 0 Å². The lowest BCUT2D eigenvalue weighted by Gasteiger charge is -2.13. The van der Waals surface area contributed by atoms with E-state index in [4.69, 9.17) is 9.47 Å². The van der Waals surface area contributed by atoms with Gasteiger partial charge < -0.3 is 19.6 Å². The van der Waals surface area contributed by atoms with Gasteiger partial charge in [0.2, 0.25) is 5.91 Å². The van der Waals surface area contributed by atoms with Gasteiger partial charge in [-0.3, -0.25) is 28.9 Å². The van der Waals surface area contributed by atoms with Crippen LogP contribution in [0.1, 0.15) is 25.7 Å². The Balaban J connectivity index is 1.43. The second-order valence-electron chi connectivity index (χ2n) is 5.97. The van der Waals surface area contributed by atoms with Crippen LogP contribution in [0.5, 0.6) is 0 Å². The summed E-state index contributed by atoms with van der Waals surface area (Å²) in [5.74, 6) is -3.12. The Morgan fingerprint density at radius 1 is 0.897 bits per heavy atom. The van der Waals surface area contributed by atoms with Gasteiger partial charge >= 0.3 is 5.97 Å². The zero-order valence-corrected chi connectivity index (χ0v) is 15.6. The minimum absolute atomic E-state index is 0.00959. The summed E-state index contributed by atoms with van der Waals surface area (Å²) in [4.78, 5) is 74.0. The summed E-state index contributed by atoms with van der Waals surface area (Å²) in [5, 5.41) is 2.94. The van der Waals surface area contributed by atoms with Gasteiger partial charge in [0, 0.05) is 38.0 Å². The van der Waals surface area contributed by atoms with E-state index in [9.17, 15) is 28.8 Å². The van der Waals surface area contributed by atoms with Crippen LogP contribution < -0.4 is 5.32 Å². The molecule has 2 aliphatic heterocycles. The number of carbonyl (C=O) groups excluding carboxylic acids is 6. The van der Waals surface area contributed by atoms with Crippen molar-refractivity contribution in [2.45, 2.75) is 25.7 Å². The van der Waals surface area contributed by atoms with E-state index >= 15 is 0 Å². The third kappa shape index (κ3) is 7.08. The molecule has 5 amide bonds. The molecule has 0 aromatic carbocycles. The van der Waals surface area contributed by atoms with Gasteiger partial charge in [-0.05, 0) is 0 Å². The van der Waals surface area contributed by atoms with E-state index in [-0.39, 0.29) is 64.7 Å². The number of nitrogens with zero attached hydrogens (tertiary/aromatic N) is 2. The molecule has 0 aromatic heterocycles.